The van der Waals surface area contributed by atoms with Crippen LogP contribution in [0.4, 0.5) is 5.69 Å². The second-order valence-corrected chi connectivity index (χ2v) is 7.01. The quantitative estimate of drug-likeness (QED) is 0.469. The third-order valence-electron chi connectivity index (χ3n) is 3.67. The van der Waals surface area contributed by atoms with E-state index in [9.17, 15) is 14.4 Å². The molecule has 0 atom stereocenters. The standard InChI is InChI=1S/C19H20IN3O3/c1-12-7-8-16(13(2)11-12)21-17(24)9-10-18(25)22-23-19(26)14-5-3-4-6-15(14)20/h3-8,11H,9-10H2,1-2H3,(H,21,24)(H,22,25)(H,23,26). The largest absolute Gasteiger partial charge is 0.326 e. The van der Waals surface area contributed by atoms with Gasteiger partial charge in [-0.2, -0.15) is 0 Å². The summed E-state index contributed by atoms with van der Waals surface area (Å²) in [5.74, 6) is -1.08. The average molecular weight is 465 g/mol. The molecule has 26 heavy (non-hydrogen) atoms. The van der Waals surface area contributed by atoms with Crippen LogP contribution in [0.15, 0.2) is 42.5 Å². The van der Waals surface area contributed by atoms with Crippen molar-refractivity contribution in [2.75, 3.05) is 5.32 Å². The van der Waals surface area contributed by atoms with Crippen LogP contribution < -0.4 is 16.2 Å². The molecule has 0 bridgehead atoms. The second kappa shape index (κ2) is 9.33. The summed E-state index contributed by atoms with van der Waals surface area (Å²) in [7, 11) is 0. The number of hydrazine groups is 1. The van der Waals surface area contributed by atoms with E-state index in [1.807, 2.05) is 60.7 Å². The molecule has 2 aromatic rings. The number of aryl methyl sites for hydroxylation is 2. The van der Waals surface area contributed by atoms with Crippen molar-refractivity contribution in [1.29, 1.82) is 0 Å². The van der Waals surface area contributed by atoms with Crippen molar-refractivity contribution in [3.63, 3.8) is 0 Å². The van der Waals surface area contributed by atoms with E-state index in [4.69, 9.17) is 0 Å². The Morgan fingerprint density at radius 3 is 2.31 bits per heavy atom. The second-order valence-electron chi connectivity index (χ2n) is 5.85. The fourth-order valence-electron chi connectivity index (χ4n) is 2.30. The van der Waals surface area contributed by atoms with Crippen LogP contribution in [0.5, 0.6) is 0 Å². The number of carbonyl (C=O) groups is 3. The maximum atomic E-state index is 12.0. The van der Waals surface area contributed by atoms with Crippen LogP contribution in [0.3, 0.4) is 0 Å². The first-order valence-electron chi connectivity index (χ1n) is 8.07. The van der Waals surface area contributed by atoms with Gasteiger partial charge >= 0.3 is 0 Å². The lowest BCUT2D eigenvalue weighted by Gasteiger charge is -2.10. The van der Waals surface area contributed by atoms with E-state index in [0.29, 0.717) is 5.56 Å². The number of amides is 3. The van der Waals surface area contributed by atoms with Crippen LogP contribution in [-0.4, -0.2) is 17.7 Å². The van der Waals surface area contributed by atoms with Crippen molar-refractivity contribution < 1.29 is 14.4 Å². The van der Waals surface area contributed by atoms with Gasteiger partial charge in [-0.3, -0.25) is 25.2 Å². The molecule has 7 heteroatoms. The van der Waals surface area contributed by atoms with Crippen LogP contribution in [0.2, 0.25) is 0 Å². The first kappa shape index (κ1) is 19.9. The van der Waals surface area contributed by atoms with Gasteiger partial charge in [0.15, 0.2) is 0 Å². The van der Waals surface area contributed by atoms with Gasteiger partial charge in [0.2, 0.25) is 11.8 Å². The number of rotatable bonds is 5. The minimum atomic E-state index is -0.430. The van der Waals surface area contributed by atoms with Crippen LogP contribution in [0, 0.1) is 17.4 Å². The Kier molecular flexibility index (Phi) is 7.14. The fraction of sp³-hybridized carbons (Fsp3) is 0.211. The van der Waals surface area contributed by atoms with E-state index >= 15 is 0 Å². The Morgan fingerprint density at radius 2 is 1.62 bits per heavy atom. The lowest BCUT2D eigenvalue weighted by Crippen LogP contribution is -2.42. The molecule has 2 rings (SSSR count). The van der Waals surface area contributed by atoms with Crippen molar-refractivity contribution in [2.45, 2.75) is 26.7 Å². The zero-order chi connectivity index (χ0) is 19.1. The summed E-state index contributed by atoms with van der Waals surface area (Å²) in [4.78, 5) is 35.8. The molecule has 0 unspecified atom stereocenters. The van der Waals surface area contributed by atoms with E-state index in [2.05, 4.69) is 16.2 Å². The molecule has 3 N–H and O–H groups in total. The van der Waals surface area contributed by atoms with Gasteiger partial charge in [-0.15, -0.1) is 0 Å². The highest BCUT2D eigenvalue weighted by molar-refractivity contribution is 14.1. The number of anilines is 1. The summed E-state index contributed by atoms with van der Waals surface area (Å²) in [5.41, 5.74) is 7.96. The highest BCUT2D eigenvalue weighted by Gasteiger charge is 2.12. The van der Waals surface area contributed by atoms with Gasteiger partial charge in [0.1, 0.15) is 0 Å². The van der Waals surface area contributed by atoms with Crippen molar-refractivity contribution in [3.05, 3.63) is 62.7 Å². The molecule has 6 nitrogen and oxygen atoms in total. The fourth-order valence-corrected chi connectivity index (χ4v) is 2.93. The van der Waals surface area contributed by atoms with Gasteiger partial charge in [0, 0.05) is 22.1 Å². The van der Waals surface area contributed by atoms with E-state index in [-0.39, 0.29) is 18.7 Å². The molecule has 0 aromatic heterocycles. The molecular formula is C19H20IN3O3. The summed E-state index contributed by atoms with van der Waals surface area (Å²) in [6, 6.07) is 12.8. The molecule has 0 radical (unpaired) electrons. The monoisotopic (exact) mass is 465 g/mol. The maximum absolute atomic E-state index is 12.0. The Labute approximate surface area is 165 Å². The van der Waals surface area contributed by atoms with Gasteiger partial charge in [0.05, 0.1) is 5.56 Å². The highest BCUT2D eigenvalue weighted by atomic mass is 127. The van der Waals surface area contributed by atoms with Crippen LogP contribution >= 0.6 is 22.6 Å². The minimum Gasteiger partial charge on any atom is -0.326 e. The number of hydrogen-bond donors (Lipinski definition) is 3. The number of benzene rings is 2. The zero-order valence-electron chi connectivity index (χ0n) is 14.6. The summed E-state index contributed by atoms with van der Waals surface area (Å²) in [6.45, 7) is 3.89. The molecule has 0 spiro atoms. The summed E-state index contributed by atoms with van der Waals surface area (Å²) < 4.78 is 0.782. The van der Waals surface area contributed by atoms with Crippen LogP contribution in [0.25, 0.3) is 0 Å². The molecule has 0 aliphatic rings. The van der Waals surface area contributed by atoms with Crippen molar-refractivity contribution in [1.82, 2.24) is 10.9 Å². The molecule has 0 heterocycles. The molecule has 0 fully saturated rings. The number of halogens is 1. The predicted octanol–water partition coefficient (Wildman–Crippen LogP) is 3.09. The average Bonchev–Trinajstić information content (AvgIpc) is 2.60. The first-order valence-corrected chi connectivity index (χ1v) is 9.15. The molecule has 0 aliphatic heterocycles. The maximum Gasteiger partial charge on any atom is 0.270 e. The molecule has 0 saturated heterocycles. The molecule has 0 saturated carbocycles. The Balaban J connectivity index is 1.77. The van der Waals surface area contributed by atoms with Gasteiger partial charge in [-0.1, -0.05) is 29.8 Å². The van der Waals surface area contributed by atoms with Gasteiger partial charge < -0.3 is 5.32 Å². The van der Waals surface area contributed by atoms with Crippen molar-refractivity contribution in [3.8, 4) is 0 Å². The lowest BCUT2D eigenvalue weighted by atomic mass is 10.1. The van der Waals surface area contributed by atoms with E-state index in [1.165, 1.54) is 0 Å². The topological polar surface area (TPSA) is 87.3 Å². The van der Waals surface area contributed by atoms with Crippen molar-refractivity contribution in [2.24, 2.45) is 0 Å². The molecule has 0 aliphatic carbocycles. The van der Waals surface area contributed by atoms with Gasteiger partial charge in [-0.25, -0.2) is 0 Å². The SMILES string of the molecule is Cc1ccc(NC(=O)CCC(=O)NNC(=O)c2ccccc2I)c(C)c1. The highest BCUT2D eigenvalue weighted by Crippen LogP contribution is 2.16. The zero-order valence-corrected chi connectivity index (χ0v) is 16.7. The number of carbonyl (C=O) groups excluding carboxylic acids is 3. The normalized spacial score (nSPS) is 10.1. The molecule has 136 valence electrons. The molecule has 2 aromatic carbocycles. The smallest absolute Gasteiger partial charge is 0.270 e. The van der Waals surface area contributed by atoms with Gasteiger partial charge in [-0.05, 0) is 60.2 Å². The minimum absolute atomic E-state index is 0.0249. The van der Waals surface area contributed by atoms with E-state index in [1.54, 1.807) is 18.2 Å². The van der Waals surface area contributed by atoms with Gasteiger partial charge in [0.25, 0.3) is 5.91 Å². The first-order chi connectivity index (χ1) is 12.4. The Morgan fingerprint density at radius 1 is 0.923 bits per heavy atom. The lowest BCUT2D eigenvalue weighted by molar-refractivity contribution is -0.124. The van der Waals surface area contributed by atoms with Crippen LogP contribution in [-0.2, 0) is 9.59 Å². The molecular weight excluding hydrogens is 445 g/mol. The van der Waals surface area contributed by atoms with E-state index in [0.717, 1.165) is 20.4 Å². The third kappa shape index (κ3) is 5.83. The summed E-state index contributed by atoms with van der Waals surface area (Å²) in [5, 5.41) is 2.78. The summed E-state index contributed by atoms with van der Waals surface area (Å²) in [6.07, 6.45) is 0.000789. The Bertz CT molecular complexity index is 837. The van der Waals surface area contributed by atoms with Crippen LogP contribution in [0.1, 0.15) is 34.3 Å². The number of nitrogens with one attached hydrogen (secondary N) is 3. The summed E-state index contributed by atoms with van der Waals surface area (Å²) >= 11 is 2.05. The van der Waals surface area contributed by atoms with E-state index < -0.39 is 11.8 Å². The molecule has 3 amide bonds. The predicted molar refractivity (Wildman–Crippen MR) is 109 cm³/mol. The number of hydrogen-bond acceptors (Lipinski definition) is 3. The Hall–Kier alpha value is -2.42. The van der Waals surface area contributed by atoms with Crippen molar-refractivity contribution >= 4 is 46.0 Å². The third-order valence-corrected chi connectivity index (χ3v) is 4.61.